The first-order valence-electron chi connectivity index (χ1n) is 5.78. The molecule has 1 aromatic carbocycles. The number of nitrogen functional groups attached to an aromatic ring is 1. The van der Waals surface area contributed by atoms with Gasteiger partial charge in [0.1, 0.15) is 12.1 Å². The largest absolute Gasteiger partial charge is 0.491 e. The molecule has 98 valence electrons. The Kier molecular flexibility index (Phi) is 4.28. The molecular weight excluding hydrogens is 244 g/mol. The van der Waals surface area contributed by atoms with E-state index in [1.807, 2.05) is 12.1 Å². The van der Waals surface area contributed by atoms with Crippen LogP contribution in [0.5, 0.6) is 5.75 Å². The molecule has 0 saturated heterocycles. The van der Waals surface area contributed by atoms with E-state index in [1.165, 1.54) is 18.7 Å². The Morgan fingerprint density at radius 1 is 1.26 bits per heavy atom. The first-order valence-corrected chi connectivity index (χ1v) is 5.78. The summed E-state index contributed by atoms with van der Waals surface area (Å²) < 4.78 is 5.43. The Morgan fingerprint density at radius 2 is 2.00 bits per heavy atom. The number of hydrogen-bond acceptors (Lipinski definition) is 5. The molecule has 2 rings (SSSR count). The number of hydrogen-bond donors (Lipinski definition) is 2. The normalized spacial score (nSPS) is 9.89. The number of para-hydroxylation sites is 2. The van der Waals surface area contributed by atoms with E-state index in [4.69, 9.17) is 10.5 Å². The van der Waals surface area contributed by atoms with Crippen LogP contribution in [0.15, 0.2) is 43.0 Å². The van der Waals surface area contributed by atoms with Gasteiger partial charge in [0.2, 0.25) is 5.91 Å². The Balaban J connectivity index is 1.77. The Labute approximate surface area is 110 Å². The van der Waals surface area contributed by atoms with Crippen molar-refractivity contribution in [2.75, 3.05) is 17.7 Å². The number of nitrogens with two attached hydrogens (primary N) is 1. The van der Waals surface area contributed by atoms with Gasteiger partial charge in [-0.05, 0) is 12.1 Å². The first-order chi connectivity index (χ1) is 9.25. The number of nitrogens with zero attached hydrogens (tertiary/aromatic N) is 2. The second-order valence-corrected chi connectivity index (χ2v) is 3.81. The van der Waals surface area contributed by atoms with Gasteiger partial charge >= 0.3 is 0 Å². The van der Waals surface area contributed by atoms with Crippen LogP contribution in [0.2, 0.25) is 0 Å². The zero-order valence-corrected chi connectivity index (χ0v) is 10.2. The molecule has 3 N–H and O–H groups in total. The lowest BCUT2D eigenvalue weighted by Gasteiger charge is -2.08. The molecule has 0 atom stereocenters. The number of carbonyl (C=O) groups is 1. The molecule has 1 amide bonds. The molecule has 0 bridgehead atoms. The highest BCUT2D eigenvalue weighted by Gasteiger charge is 2.04. The molecule has 1 heterocycles. The van der Waals surface area contributed by atoms with Crippen LogP contribution in [0.3, 0.4) is 0 Å². The minimum atomic E-state index is -0.163. The summed E-state index contributed by atoms with van der Waals surface area (Å²) in [5, 5.41) is 2.67. The van der Waals surface area contributed by atoms with E-state index in [2.05, 4.69) is 15.3 Å². The standard InChI is InChI=1S/C13H14N4O2/c14-11-3-1-2-4-12(11)19-6-5-13(18)17-10-7-15-9-16-8-10/h1-4,7-9H,5-6,14H2,(H,17,18). The Bertz CT molecular complexity index is 545. The van der Waals surface area contributed by atoms with Gasteiger partial charge in [0.05, 0.1) is 36.8 Å². The number of ether oxygens (including phenoxy) is 1. The van der Waals surface area contributed by atoms with Crippen molar-refractivity contribution in [2.24, 2.45) is 0 Å². The summed E-state index contributed by atoms with van der Waals surface area (Å²) in [6.45, 7) is 0.258. The molecule has 6 nitrogen and oxygen atoms in total. The minimum absolute atomic E-state index is 0.163. The first kappa shape index (κ1) is 12.8. The maximum absolute atomic E-state index is 11.6. The summed E-state index contributed by atoms with van der Waals surface area (Å²) in [6, 6.07) is 7.16. The second-order valence-electron chi connectivity index (χ2n) is 3.81. The third-order valence-electron chi connectivity index (χ3n) is 2.35. The molecule has 19 heavy (non-hydrogen) atoms. The van der Waals surface area contributed by atoms with E-state index < -0.39 is 0 Å². The molecular formula is C13H14N4O2. The fourth-order valence-electron chi connectivity index (χ4n) is 1.45. The smallest absolute Gasteiger partial charge is 0.227 e. The average molecular weight is 258 g/mol. The van der Waals surface area contributed by atoms with Gasteiger partial charge in [0, 0.05) is 0 Å². The molecule has 1 aromatic heterocycles. The van der Waals surface area contributed by atoms with Crippen LogP contribution in [0.4, 0.5) is 11.4 Å². The quantitative estimate of drug-likeness (QED) is 0.792. The van der Waals surface area contributed by atoms with Crippen molar-refractivity contribution >= 4 is 17.3 Å². The highest BCUT2D eigenvalue weighted by molar-refractivity contribution is 5.90. The molecule has 0 saturated carbocycles. The second kappa shape index (κ2) is 6.34. The summed E-state index contributed by atoms with van der Waals surface area (Å²) in [5.41, 5.74) is 6.84. The maximum atomic E-state index is 11.6. The molecule has 0 spiro atoms. The number of rotatable bonds is 5. The van der Waals surface area contributed by atoms with Crippen LogP contribution < -0.4 is 15.8 Å². The van der Waals surface area contributed by atoms with Crippen molar-refractivity contribution in [3.05, 3.63) is 43.0 Å². The van der Waals surface area contributed by atoms with Gasteiger partial charge in [-0.1, -0.05) is 12.1 Å². The van der Waals surface area contributed by atoms with E-state index in [9.17, 15) is 4.79 Å². The lowest BCUT2D eigenvalue weighted by atomic mass is 10.3. The van der Waals surface area contributed by atoms with Gasteiger partial charge in [-0.2, -0.15) is 0 Å². The van der Waals surface area contributed by atoms with E-state index in [-0.39, 0.29) is 18.9 Å². The predicted molar refractivity (Wildman–Crippen MR) is 71.6 cm³/mol. The summed E-state index contributed by atoms with van der Waals surface area (Å²) in [5.74, 6) is 0.419. The van der Waals surface area contributed by atoms with Crippen molar-refractivity contribution in [3.63, 3.8) is 0 Å². The molecule has 0 unspecified atom stereocenters. The van der Waals surface area contributed by atoms with E-state index >= 15 is 0 Å². The third kappa shape index (κ3) is 3.95. The topological polar surface area (TPSA) is 90.1 Å². The average Bonchev–Trinajstić information content (AvgIpc) is 2.42. The molecule has 6 heteroatoms. The predicted octanol–water partition coefficient (Wildman–Crippen LogP) is 1.47. The van der Waals surface area contributed by atoms with Gasteiger partial charge < -0.3 is 15.8 Å². The number of benzene rings is 1. The van der Waals surface area contributed by atoms with E-state index in [0.717, 1.165) is 0 Å². The monoisotopic (exact) mass is 258 g/mol. The fourth-order valence-corrected chi connectivity index (χ4v) is 1.45. The maximum Gasteiger partial charge on any atom is 0.227 e. The molecule has 0 aliphatic carbocycles. The van der Waals surface area contributed by atoms with Crippen molar-refractivity contribution < 1.29 is 9.53 Å². The van der Waals surface area contributed by atoms with Crippen molar-refractivity contribution in [1.29, 1.82) is 0 Å². The summed E-state index contributed by atoms with van der Waals surface area (Å²) in [4.78, 5) is 19.2. The molecule has 0 fully saturated rings. The Hall–Kier alpha value is -2.63. The Morgan fingerprint density at radius 3 is 2.74 bits per heavy atom. The molecule has 0 radical (unpaired) electrons. The van der Waals surface area contributed by atoms with Crippen LogP contribution in [-0.4, -0.2) is 22.5 Å². The highest BCUT2D eigenvalue weighted by atomic mass is 16.5. The van der Waals surface area contributed by atoms with Crippen molar-refractivity contribution in [3.8, 4) is 5.75 Å². The number of nitrogens with one attached hydrogen (secondary N) is 1. The van der Waals surface area contributed by atoms with Crippen LogP contribution in [0, 0.1) is 0 Å². The number of anilines is 2. The van der Waals surface area contributed by atoms with Gasteiger partial charge in [0.25, 0.3) is 0 Å². The SMILES string of the molecule is Nc1ccccc1OCCC(=O)Nc1cncnc1. The zero-order valence-electron chi connectivity index (χ0n) is 10.2. The third-order valence-corrected chi connectivity index (χ3v) is 2.35. The number of amides is 1. The molecule has 0 aliphatic rings. The van der Waals surface area contributed by atoms with Gasteiger partial charge in [-0.3, -0.25) is 4.79 Å². The van der Waals surface area contributed by atoms with Crippen LogP contribution >= 0.6 is 0 Å². The number of carbonyl (C=O) groups excluding carboxylic acids is 1. The zero-order chi connectivity index (χ0) is 13.5. The number of aromatic nitrogens is 2. The summed E-state index contributed by atoms with van der Waals surface area (Å²) in [6.07, 6.45) is 4.68. The van der Waals surface area contributed by atoms with E-state index in [0.29, 0.717) is 17.1 Å². The fraction of sp³-hybridized carbons (Fsp3) is 0.154. The lowest BCUT2D eigenvalue weighted by molar-refractivity contribution is -0.116. The van der Waals surface area contributed by atoms with Crippen molar-refractivity contribution in [1.82, 2.24) is 9.97 Å². The van der Waals surface area contributed by atoms with Gasteiger partial charge in [0.15, 0.2) is 0 Å². The van der Waals surface area contributed by atoms with Gasteiger partial charge in [-0.25, -0.2) is 9.97 Å². The highest BCUT2D eigenvalue weighted by Crippen LogP contribution is 2.19. The van der Waals surface area contributed by atoms with Crippen LogP contribution in [-0.2, 0) is 4.79 Å². The van der Waals surface area contributed by atoms with Crippen LogP contribution in [0.25, 0.3) is 0 Å². The minimum Gasteiger partial charge on any atom is -0.491 e. The van der Waals surface area contributed by atoms with Gasteiger partial charge in [-0.15, -0.1) is 0 Å². The summed E-state index contributed by atoms with van der Waals surface area (Å²) >= 11 is 0. The lowest BCUT2D eigenvalue weighted by Crippen LogP contribution is -2.15. The molecule has 0 aliphatic heterocycles. The summed E-state index contributed by atoms with van der Waals surface area (Å²) in [7, 11) is 0. The van der Waals surface area contributed by atoms with E-state index in [1.54, 1.807) is 12.1 Å². The van der Waals surface area contributed by atoms with Crippen LogP contribution in [0.1, 0.15) is 6.42 Å². The van der Waals surface area contributed by atoms with Crippen molar-refractivity contribution in [2.45, 2.75) is 6.42 Å². The molecule has 2 aromatic rings.